The van der Waals surface area contributed by atoms with Gasteiger partial charge >= 0.3 is 6.09 Å². The molecule has 1 aromatic heterocycles. The maximum atomic E-state index is 10.7. The summed E-state index contributed by atoms with van der Waals surface area (Å²) in [5, 5.41) is 6.70. The smallest absolute Gasteiger partial charge is 0.407 e. The summed E-state index contributed by atoms with van der Waals surface area (Å²) in [7, 11) is 0. The number of amides is 1. The summed E-state index contributed by atoms with van der Waals surface area (Å²) in [5.41, 5.74) is 1.11. The lowest BCUT2D eigenvalue weighted by molar-refractivity contribution is 0.129. The lowest BCUT2D eigenvalue weighted by atomic mass is 10.3. The summed E-state index contributed by atoms with van der Waals surface area (Å²) in [6, 6.07) is 0. The van der Waals surface area contributed by atoms with Crippen LogP contribution in [0.1, 0.15) is 19.4 Å². The number of cyclic esters (lactones) is 1. The number of rotatable bonds is 2. The van der Waals surface area contributed by atoms with Crippen LogP contribution in [0.25, 0.3) is 0 Å². The second-order valence-corrected chi connectivity index (χ2v) is 3.15. The molecule has 1 fully saturated rings. The molecule has 5 heteroatoms. The highest BCUT2D eigenvalue weighted by molar-refractivity contribution is 5.69. The third-order valence-corrected chi connectivity index (χ3v) is 1.90. The van der Waals surface area contributed by atoms with Gasteiger partial charge in [0.05, 0.1) is 19.3 Å². The standard InChI is InChI=1S/C8H11N3O2.C2H6/c1-6-2-10-11(4-6)5-7-3-9-8(12)13-7;1-2/h2,4,7H,3,5H2,1H3,(H,9,12);1-2H3. The number of carbonyl (C=O) groups excluding carboxylic acids is 1. The fraction of sp³-hybridized carbons (Fsp3) is 0.600. The van der Waals surface area contributed by atoms with Crippen molar-refractivity contribution in [1.82, 2.24) is 15.1 Å². The molecule has 1 aliphatic rings. The Labute approximate surface area is 89.4 Å². The summed E-state index contributed by atoms with van der Waals surface area (Å²) >= 11 is 0. The Morgan fingerprint density at radius 1 is 1.67 bits per heavy atom. The van der Waals surface area contributed by atoms with Gasteiger partial charge in [-0.2, -0.15) is 5.10 Å². The van der Waals surface area contributed by atoms with Gasteiger partial charge in [0, 0.05) is 6.20 Å². The fourth-order valence-electron chi connectivity index (χ4n) is 1.31. The van der Waals surface area contributed by atoms with Crippen molar-refractivity contribution in [1.29, 1.82) is 0 Å². The number of nitrogens with zero attached hydrogens (tertiary/aromatic N) is 2. The zero-order valence-corrected chi connectivity index (χ0v) is 9.36. The Bertz CT molecular complexity index is 322. The van der Waals surface area contributed by atoms with Crippen LogP contribution < -0.4 is 5.32 Å². The minimum Gasteiger partial charge on any atom is -0.442 e. The summed E-state index contributed by atoms with van der Waals surface area (Å²) in [6.07, 6.45) is 3.27. The Morgan fingerprint density at radius 3 is 2.87 bits per heavy atom. The van der Waals surface area contributed by atoms with E-state index in [1.807, 2.05) is 27.0 Å². The van der Waals surface area contributed by atoms with Gasteiger partial charge in [-0.15, -0.1) is 0 Å². The second kappa shape index (κ2) is 5.38. The van der Waals surface area contributed by atoms with Crippen molar-refractivity contribution in [2.45, 2.75) is 33.4 Å². The molecule has 1 unspecified atom stereocenters. The maximum Gasteiger partial charge on any atom is 0.407 e. The molecule has 1 saturated heterocycles. The van der Waals surface area contributed by atoms with Crippen LogP contribution in [0.2, 0.25) is 0 Å². The first-order valence-corrected chi connectivity index (χ1v) is 5.17. The molecule has 0 aromatic carbocycles. The summed E-state index contributed by atoms with van der Waals surface area (Å²) in [6.45, 7) is 7.16. The third kappa shape index (κ3) is 3.27. The average Bonchev–Trinajstić information content (AvgIpc) is 2.80. The summed E-state index contributed by atoms with van der Waals surface area (Å²) < 4.78 is 6.74. The van der Waals surface area contributed by atoms with Gasteiger partial charge in [0.1, 0.15) is 6.10 Å². The largest absolute Gasteiger partial charge is 0.442 e. The van der Waals surface area contributed by atoms with Crippen molar-refractivity contribution in [2.75, 3.05) is 6.54 Å². The van der Waals surface area contributed by atoms with Gasteiger partial charge < -0.3 is 10.1 Å². The second-order valence-electron chi connectivity index (χ2n) is 3.15. The van der Waals surface area contributed by atoms with Crippen LogP contribution in [0.5, 0.6) is 0 Å². The van der Waals surface area contributed by atoms with E-state index in [0.29, 0.717) is 13.1 Å². The Kier molecular flexibility index (Phi) is 4.15. The van der Waals surface area contributed by atoms with Crippen molar-refractivity contribution >= 4 is 6.09 Å². The zero-order valence-electron chi connectivity index (χ0n) is 9.36. The molecule has 5 nitrogen and oxygen atoms in total. The van der Waals surface area contributed by atoms with Gasteiger partial charge in [0.2, 0.25) is 0 Å². The average molecular weight is 211 g/mol. The molecule has 84 valence electrons. The molecule has 1 atom stereocenters. The fourth-order valence-corrected chi connectivity index (χ4v) is 1.31. The number of hydrogen-bond donors (Lipinski definition) is 1. The van der Waals surface area contributed by atoms with Crippen LogP contribution in [0, 0.1) is 6.92 Å². The molecule has 0 saturated carbocycles. The molecule has 1 aliphatic heterocycles. The van der Waals surface area contributed by atoms with Crippen LogP contribution >= 0.6 is 0 Å². The maximum absolute atomic E-state index is 10.7. The van der Waals surface area contributed by atoms with Crippen LogP contribution in [-0.4, -0.2) is 28.5 Å². The van der Waals surface area contributed by atoms with Crippen molar-refractivity contribution in [2.24, 2.45) is 0 Å². The van der Waals surface area contributed by atoms with Gasteiger partial charge in [-0.25, -0.2) is 4.79 Å². The number of nitrogens with one attached hydrogen (secondary N) is 1. The molecule has 15 heavy (non-hydrogen) atoms. The van der Waals surface area contributed by atoms with Crippen LogP contribution in [-0.2, 0) is 11.3 Å². The number of hydrogen-bond acceptors (Lipinski definition) is 3. The minimum absolute atomic E-state index is 0.0909. The molecule has 1 amide bonds. The molecular formula is C10H17N3O2. The van der Waals surface area contributed by atoms with Crippen molar-refractivity contribution in [3.8, 4) is 0 Å². The predicted molar refractivity (Wildman–Crippen MR) is 56.6 cm³/mol. The van der Waals surface area contributed by atoms with Crippen molar-refractivity contribution in [3.63, 3.8) is 0 Å². The van der Waals surface area contributed by atoms with E-state index < -0.39 is 0 Å². The lowest BCUT2D eigenvalue weighted by Crippen LogP contribution is -2.20. The number of aromatic nitrogens is 2. The molecular weight excluding hydrogens is 194 g/mol. The normalized spacial score (nSPS) is 18.9. The highest BCUT2D eigenvalue weighted by Crippen LogP contribution is 2.03. The first-order valence-electron chi connectivity index (χ1n) is 5.17. The number of ether oxygens (including phenoxy) is 1. The van der Waals surface area contributed by atoms with Gasteiger partial charge in [-0.05, 0) is 12.5 Å². The third-order valence-electron chi connectivity index (χ3n) is 1.90. The highest BCUT2D eigenvalue weighted by Gasteiger charge is 2.22. The zero-order chi connectivity index (χ0) is 11.3. The minimum atomic E-state index is -0.339. The van der Waals surface area contributed by atoms with E-state index in [1.54, 1.807) is 10.9 Å². The summed E-state index contributed by atoms with van der Waals surface area (Å²) in [4.78, 5) is 10.7. The first kappa shape index (κ1) is 11.6. The molecule has 0 bridgehead atoms. The number of carbonyl (C=O) groups is 1. The van der Waals surface area contributed by atoms with E-state index in [0.717, 1.165) is 5.56 Å². The monoisotopic (exact) mass is 211 g/mol. The van der Waals surface area contributed by atoms with Gasteiger partial charge in [0.15, 0.2) is 0 Å². The Hall–Kier alpha value is -1.52. The molecule has 2 rings (SSSR count). The van der Waals surface area contributed by atoms with E-state index in [4.69, 9.17) is 4.74 Å². The number of alkyl carbamates (subject to hydrolysis) is 1. The molecule has 0 aliphatic carbocycles. The van der Waals surface area contributed by atoms with E-state index in [-0.39, 0.29) is 12.2 Å². The number of aryl methyl sites for hydroxylation is 1. The molecule has 1 aromatic rings. The Morgan fingerprint density at radius 2 is 2.40 bits per heavy atom. The van der Waals surface area contributed by atoms with Crippen LogP contribution in [0.4, 0.5) is 4.79 Å². The SMILES string of the molecule is CC.Cc1cnn(CC2CNC(=O)O2)c1. The molecule has 2 heterocycles. The van der Waals surface area contributed by atoms with Crippen molar-refractivity contribution in [3.05, 3.63) is 18.0 Å². The molecule has 0 spiro atoms. The first-order chi connectivity index (χ1) is 7.24. The predicted octanol–water partition coefficient (Wildman–Crippen LogP) is 1.33. The highest BCUT2D eigenvalue weighted by atomic mass is 16.6. The lowest BCUT2D eigenvalue weighted by Gasteiger charge is -2.06. The van der Waals surface area contributed by atoms with E-state index in [1.165, 1.54) is 0 Å². The van der Waals surface area contributed by atoms with Crippen molar-refractivity contribution < 1.29 is 9.53 Å². The van der Waals surface area contributed by atoms with Gasteiger partial charge in [-0.3, -0.25) is 4.68 Å². The van der Waals surface area contributed by atoms with Crippen LogP contribution in [0.15, 0.2) is 12.4 Å². The molecule has 1 N–H and O–H groups in total. The van der Waals surface area contributed by atoms with Gasteiger partial charge in [-0.1, -0.05) is 13.8 Å². The quantitative estimate of drug-likeness (QED) is 0.802. The van der Waals surface area contributed by atoms with E-state index >= 15 is 0 Å². The van der Waals surface area contributed by atoms with Gasteiger partial charge in [0.25, 0.3) is 0 Å². The molecule has 0 radical (unpaired) electrons. The Balaban J connectivity index is 0.000000531. The summed E-state index contributed by atoms with van der Waals surface area (Å²) in [5.74, 6) is 0. The van der Waals surface area contributed by atoms with E-state index in [9.17, 15) is 4.79 Å². The topological polar surface area (TPSA) is 56.2 Å². The van der Waals surface area contributed by atoms with E-state index in [2.05, 4.69) is 10.4 Å². The van der Waals surface area contributed by atoms with Crippen LogP contribution in [0.3, 0.4) is 0 Å².